The lowest BCUT2D eigenvalue weighted by Crippen LogP contribution is -2.36. The molecule has 1 saturated carbocycles. The molecule has 1 aliphatic carbocycles. The second-order valence-corrected chi connectivity index (χ2v) is 4.69. The van der Waals surface area contributed by atoms with Gasteiger partial charge in [-0.2, -0.15) is 0 Å². The highest BCUT2D eigenvalue weighted by atomic mass is 16.3. The number of hydrogen-bond donors (Lipinski definition) is 2. The third-order valence-electron chi connectivity index (χ3n) is 3.43. The van der Waals surface area contributed by atoms with E-state index in [4.69, 9.17) is 0 Å². The molecular weight excluding hydrogens is 214 g/mol. The van der Waals surface area contributed by atoms with E-state index in [1.807, 2.05) is 18.2 Å². The summed E-state index contributed by atoms with van der Waals surface area (Å²) in [6.07, 6.45) is 3.88. The maximum absolute atomic E-state index is 11.8. The first-order valence-corrected chi connectivity index (χ1v) is 6.28. The number of aliphatic hydroxyl groups is 1. The lowest BCUT2D eigenvalue weighted by atomic mass is 9.86. The predicted molar refractivity (Wildman–Crippen MR) is 66.7 cm³/mol. The van der Waals surface area contributed by atoms with Gasteiger partial charge in [0.25, 0.3) is 5.91 Å². The van der Waals surface area contributed by atoms with Gasteiger partial charge in [-0.05, 0) is 25.0 Å². The Hall–Kier alpha value is -1.35. The average molecular weight is 233 g/mol. The average Bonchev–Trinajstić information content (AvgIpc) is 2.38. The standard InChI is InChI=1S/C14H19NO2/c16-13-9-5-4-8-12(13)10-15-14(17)11-6-2-1-3-7-11/h1-3,6-7,12-13,16H,4-5,8-10H2,(H,15,17)/t12-,13-/m0/s1. The molecule has 0 spiro atoms. The van der Waals surface area contributed by atoms with Gasteiger partial charge in [0, 0.05) is 18.0 Å². The Kier molecular flexibility index (Phi) is 4.15. The van der Waals surface area contributed by atoms with Gasteiger partial charge in [-0.3, -0.25) is 4.79 Å². The van der Waals surface area contributed by atoms with E-state index in [-0.39, 0.29) is 17.9 Å². The number of rotatable bonds is 3. The molecule has 3 nitrogen and oxygen atoms in total. The van der Waals surface area contributed by atoms with Crippen LogP contribution in [-0.4, -0.2) is 23.7 Å². The van der Waals surface area contributed by atoms with Crippen LogP contribution in [0, 0.1) is 5.92 Å². The number of aliphatic hydroxyl groups excluding tert-OH is 1. The number of carbonyl (C=O) groups excluding carboxylic acids is 1. The SMILES string of the molecule is O=C(NC[C@@H]1CCCC[C@@H]1O)c1ccccc1. The molecule has 1 amide bonds. The molecule has 0 bridgehead atoms. The lowest BCUT2D eigenvalue weighted by molar-refractivity contribution is 0.0663. The van der Waals surface area contributed by atoms with Crippen molar-refractivity contribution in [2.24, 2.45) is 5.92 Å². The lowest BCUT2D eigenvalue weighted by Gasteiger charge is -2.27. The third kappa shape index (κ3) is 3.30. The van der Waals surface area contributed by atoms with E-state index in [0.717, 1.165) is 25.7 Å². The van der Waals surface area contributed by atoms with Crippen LogP contribution in [0.5, 0.6) is 0 Å². The summed E-state index contributed by atoms with van der Waals surface area (Å²) in [6.45, 7) is 0.578. The Labute approximate surface area is 102 Å². The Morgan fingerprint density at radius 1 is 1.24 bits per heavy atom. The van der Waals surface area contributed by atoms with Gasteiger partial charge in [0.2, 0.25) is 0 Å². The van der Waals surface area contributed by atoms with Crippen LogP contribution in [0.3, 0.4) is 0 Å². The summed E-state index contributed by atoms with van der Waals surface area (Å²) < 4.78 is 0. The van der Waals surface area contributed by atoms with Crippen LogP contribution in [0.25, 0.3) is 0 Å². The smallest absolute Gasteiger partial charge is 0.251 e. The van der Waals surface area contributed by atoms with Gasteiger partial charge >= 0.3 is 0 Å². The molecule has 0 unspecified atom stereocenters. The summed E-state index contributed by atoms with van der Waals surface area (Å²) in [5, 5.41) is 12.7. The minimum Gasteiger partial charge on any atom is -0.393 e. The fourth-order valence-corrected chi connectivity index (χ4v) is 2.34. The van der Waals surface area contributed by atoms with Crippen molar-refractivity contribution in [1.82, 2.24) is 5.32 Å². The van der Waals surface area contributed by atoms with E-state index in [1.165, 1.54) is 0 Å². The second-order valence-electron chi connectivity index (χ2n) is 4.69. The fourth-order valence-electron chi connectivity index (χ4n) is 2.34. The van der Waals surface area contributed by atoms with Crippen LogP contribution in [0.4, 0.5) is 0 Å². The number of hydrogen-bond acceptors (Lipinski definition) is 2. The van der Waals surface area contributed by atoms with Crippen molar-refractivity contribution in [2.75, 3.05) is 6.54 Å². The predicted octanol–water partition coefficient (Wildman–Crippen LogP) is 1.97. The van der Waals surface area contributed by atoms with Crippen LogP contribution in [0.2, 0.25) is 0 Å². The number of carbonyl (C=O) groups is 1. The summed E-state index contributed by atoms with van der Waals surface area (Å²) in [5.41, 5.74) is 0.679. The van der Waals surface area contributed by atoms with E-state index >= 15 is 0 Å². The van der Waals surface area contributed by atoms with Crippen LogP contribution < -0.4 is 5.32 Å². The molecule has 2 atom stereocenters. The van der Waals surface area contributed by atoms with E-state index < -0.39 is 0 Å². The minimum atomic E-state index is -0.250. The van der Waals surface area contributed by atoms with Gasteiger partial charge in [0.1, 0.15) is 0 Å². The highest BCUT2D eigenvalue weighted by Crippen LogP contribution is 2.23. The summed E-state index contributed by atoms with van der Waals surface area (Å²) in [5.74, 6) is 0.166. The minimum absolute atomic E-state index is 0.0524. The number of nitrogens with one attached hydrogen (secondary N) is 1. The highest BCUT2D eigenvalue weighted by Gasteiger charge is 2.23. The van der Waals surface area contributed by atoms with Gasteiger partial charge in [-0.25, -0.2) is 0 Å². The maximum Gasteiger partial charge on any atom is 0.251 e. The van der Waals surface area contributed by atoms with Crippen molar-refractivity contribution >= 4 is 5.91 Å². The number of benzene rings is 1. The molecule has 0 heterocycles. The molecule has 0 aromatic heterocycles. The Morgan fingerprint density at radius 2 is 1.94 bits per heavy atom. The van der Waals surface area contributed by atoms with Gasteiger partial charge < -0.3 is 10.4 Å². The molecule has 92 valence electrons. The number of amides is 1. The van der Waals surface area contributed by atoms with Crippen molar-refractivity contribution in [3.8, 4) is 0 Å². The van der Waals surface area contributed by atoms with Crippen LogP contribution in [0.1, 0.15) is 36.0 Å². The topological polar surface area (TPSA) is 49.3 Å². The zero-order valence-corrected chi connectivity index (χ0v) is 9.93. The van der Waals surface area contributed by atoms with E-state index in [9.17, 15) is 9.90 Å². The van der Waals surface area contributed by atoms with Crippen molar-refractivity contribution < 1.29 is 9.90 Å². The fraction of sp³-hybridized carbons (Fsp3) is 0.500. The molecule has 0 radical (unpaired) electrons. The van der Waals surface area contributed by atoms with Crippen LogP contribution in [-0.2, 0) is 0 Å². The molecule has 1 aliphatic rings. The first-order chi connectivity index (χ1) is 8.27. The Morgan fingerprint density at radius 3 is 2.65 bits per heavy atom. The monoisotopic (exact) mass is 233 g/mol. The zero-order chi connectivity index (χ0) is 12.1. The summed E-state index contributed by atoms with van der Waals surface area (Å²) >= 11 is 0. The molecule has 2 N–H and O–H groups in total. The third-order valence-corrected chi connectivity index (χ3v) is 3.43. The molecule has 2 rings (SSSR count). The summed E-state index contributed by atoms with van der Waals surface area (Å²) in [7, 11) is 0. The van der Waals surface area contributed by atoms with Crippen molar-refractivity contribution in [2.45, 2.75) is 31.8 Å². The van der Waals surface area contributed by atoms with Crippen molar-refractivity contribution in [3.63, 3.8) is 0 Å². The van der Waals surface area contributed by atoms with Gasteiger partial charge in [0.05, 0.1) is 6.10 Å². The quantitative estimate of drug-likeness (QED) is 0.838. The molecule has 0 aliphatic heterocycles. The molecule has 1 aromatic rings. The molecule has 0 saturated heterocycles. The van der Waals surface area contributed by atoms with E-state index in [0.29, 0.717) is 12.1 Å². The molecule has 3 heteroatoms. The Balaban J connectivity index is 1.84. The van der Waals surface area contributed by atoms with E-state index in [1.54, 1.807) is 12.1 Å². The Bertz CT molecular complexity index is 364. The molecule has 1 fully saturated rings. The first-order valence-electron chi connectivity index (χ1n) is 6.28. The van der Waals surface area contributed by atoms with Crippen LogP contribution >= 0.6 is 0 Å². The molecule has 17 heavy (non-hydrogen) atoms. The van der Waals surface area contributed by atoms with Gasteiger partial charge in [-0.1, -0.05) is 31.0 Å². The first kappa shape index (κ1) is 12.1. The highest BCUT2D eigenvalue weighted by molar-refractivity contribution is 5.94. The second kappa shape index (κ2) is 5.82. The van der Waals surface area contributed by atoms with Gasteiger partial charge in [0.15, 0.2) is 0 Å². The van der Waals surface area contributed by atoms with Crippen molar-refractivity contribution in [3.05, 3.63) is 35.9 Å². The normalized spacial score (nSPS) is 24.3. The van der Waals surface area contributed by atoms with Gasteiger partial charge in [-0.15, -0.1) is 0 Å². The largest absolute Gasteiger partial charge is 0.393 e. The summed E-state index contributed by atoms with van der Waals surface area (Å²) in [6, 6.07) is 9.19. The zero-order valence-electron chi connectivity index (χ0n) is 9.93. The van der Waals surface area contributed by atoms with E-state index in [2.05, 4.69) is 5.32 Å². The maximum atomic E-state index is 11.8. The molecular formula is C14H19NO2. The molecule has 1 aromatic carbocycles. The van der Waals surface area contributed by atoms with Crippen LogP contribution in [0.15, 0.2) is 30.3 Å². The van der Waals surface area contributed by atoms with Crippen molar-refractivity contribution in [1.29, 1.82) is 0 Å². The summed E-state index contributed by atoms with van der Waals surface area (Å²) in [4.78, 5) is 11.8.